The maximum Gasteiger partial charge on any atom is 0.421 e. The number of H-pyrrole nitrogens is 1. The normalized spacial score (nSPS) is 14.1. The summed E-state index contributed by atoms with van der Waals surface area (Å²) in [6.07, 6.45) is -3.93. The zero-order valence-electron chi connectivity index (χ0n) is 17.1. The number of alkyl halides is 3. The first-order chi connectivity index (χ1) is 15.3. The zero-order chi connectivity index (χ0) is 22.9. The van der Waals surface area contributed by atoms with Gasteiger partial charge in [-0.15, -0.1) is 0 Å². The summed E-state index contributed by atoms with van der Waals surface area (Å²) in [5.41, 5.74) is 0.412. The number of methoxy groups -OCH3 is 2. The van der Waals surface area contributed by atoms with Crippen molar-refractivity contribution < 1.29 is 32.2 Å². The highest BCUT2D eigenvalue weighted by molar-refractivity contribution is 5.94. The number of likely N-dealkylation sites (tertiary alicyclic amines) is 1. The standard InChI is InChI=1S/C21H19F3N4O4/c1-30-12-5-6-18(31-2)14(8-12)16-9-17(27-26-16)20(29)28-10-13(11-28)32-19-15(21(22,23)24)4-3-7-25-19/h3-9,13H,10-11H2,1-2H3,(H,26,27). The van der Waals surface area contributed by atoms with Gasteiger partial charge in [-0.3, -0.25) is 9.89 Å². The number of aromatic nitrogens is 3. The van der Waals surface area contributed by atoms with Gasteiger partial charge in [0.2, 0.25) is 5.88 Å². The highest BCUT2D eigenvalue weighted by Crippen LogP contribution is 2.36. The third-order valence-corrected chi connectivity index (χ3v) is 4.98. The van der Waals surface area contributed by atoms with Gasteiger partial charge in [-0.05, 0) is 36.4 Å². The van der Waals surface area contributed by atoms with E-state index in [1.807, 2.05) is 0 Å². The average molecular weight is 448 g/mol. The van der Waals surface area contributed by atoms with Crippen molar-refractivity contribution in [2.75, 3.05) is 27.3 Å². The SMILES string of the molecule is COc1ccc(OC)c(-c2cc(C(=O)N3CC(Oc4ncccc4C(F)(F)F)C3)[nH]n2)c1. The Hall–Kier alpha value is -3.76. The number of carbonyl (C=O) groups excluding carboxylic acids is 1. The maximum atomic E-state index is 13.1. The molecule has 0 atom stereocenters. The van der Waals surface area contributed by atoms with Gasteiger partial charge in [-0.25, -0.2) is 4.98 Å². The fourth-order valence-electron chi connectivity index (χ4n) is 3.29. The first-order valence-electron chi connectivity index (χ1n) is 9.56. The summed E-state index contributed by atoms with van der Waals surface area (Å²) in [6.45, 7) is 0.257. The average Bonchev–Trinajstić information content (AvgIpc) is 3.25. The van der Waals surface area contributed by atoms with Crippen LogP contribution in [0.4, 0.5) is 13.2 Å². The van der Waals surface area contributed by atoms with Crippen LogP contribution < -0.4 is 14.2 Å². The number of hydrogen-bond donors (Lipinski definition) is 1. The molecule has 1 aromatic carbocycles. The van der Waals surface area contributed by atoms with E-state index < -0.39 is 23.7 Å². The van der Waals surface area contributed by atoms with Gasteiger partial charge in [0.1, 0.15) is 28.9 Å². The molecular weight excluding hydrogens is 429 g/mol. The van der Waals surface area contributed by atoms with Gasteiger partial charge in [-0.2, -0.15) is 18.3 Å². The Morgan fingerprint density at radius 1 is 1.16 bits per heavy atom. The van der Waals surface area contributed by atoms with Crippen molar-refractivity contribution in [2.45, 2.75) is 12.3 Å². The number of nitrogens with one attached hydrogen (secondary N) is 1. The molecule has 0 spiro atoms. The topological polar surface area (TPSA) is 89.6 Å². The van der Waals surface area contributed by atoms with Crippen molar-refractivity contribution in [3.63, 3.8) is 0 Å². The molecule has 168 valence electrons. The van der Waals surface area contributed by atoms with E-state index in [0.717, 1.165) is 6.07 Å². The number of rotatable bonds is 6. The third-order valence-electron chi connectivity index (χ3n) is 4.98. The van der Waals surface area contributed by atoms with Gasteiger partial charge in [0.05, 0.1) is 33.0 Å². The quantitative estimate of drug-likeness (QED) is 0.622. The minimum atomic E-state index is -4.57. The maximum absolute atomic E-state index is 13.1. The lowest BCUT2D eigenvalue weighted by Crippen LogP contribution is -2.56. The summed E-state index contributed by atoms with van der Waals surface area (Å²) in [4.78, 5) is 17.8. The molecule has 3 heterocycles. The Morgan fingerprint density at radius 2 is 1.94 bits per heavy atom. The molecule has 0 aliphatic carbocycles. The van der Waals surface area contributed by atoms with E-state index in [0.29, 0.717) is 22.8 Å². The van der Waals surface area contributed by atoms with E-state index in [4.69, 9.17) is 14.2 Å². The molecule has 1 saturated heterocycles. The Kier molecular flexibility index (Phi) is 5.64. The minimum Gasteiger partial charge on any atom is -0.497 e. The van der Waals surface area contributed by atoms with Crippen molar-refractivity contribution in [3.8, 4) is 28.6 Å². The molecule has 0 unspecified atom stereocenters. The Bertz CT molecular complexity index is 1130. The van der Waals surface area contributed by atoms with Crippen molar-refractivity contribution in [1.82, 2.24) is 20.1 Å². The van der Waals surface area contributed by atoms with Crippen LogP contribution in [0.1, 0.15) is 16.1 Å². The predicted molar refractivity (Wildman–Crippen MR) is 107 cm³/mol. The third kappa shape index (κ3) is 4.18. The molecular formula is C21H19F3N4O4. The molecule has 4 rings (SSSR count). The highest BCUT2D eigenvalue weighted by Gasteiger charge is 2.39. The molecule has 3 aromatic rings. The van der Waals surface area contributed by atoms with Crippen LogP contribution in [0.2, 0.25) is 0 Å². The van der Waals surface area contributed by atoms with Crippen molar-refractivity contribution in [1.29, 1.82) is 0 Å². The second-order valence-electron chi connectivity index (χ2n) is 7.04. The van der Waals surface area contributed by atoms with E-state index in [1.54, 1.807) is 24.3 Å². The number of benzene rings is 1. The second kappa shape index (κ2) is 8.40. The molecule has 0 bridgehead atoms. The van der Waals surface area contributed by atoms with Gasteiger partial charge in [0, 0.05) is 11.8 Å². The molecule has 0 saturated carbocycles. The van der Waals surface area contributed by atoms with Crippen LogP contribution in [0.3, 0.4) is 0 Å². The summed E-state index contributed by atoms with van der Waals surface area (Å²) in [6, 6.07) is 8.89. The summed E-state index contributed by atoms with van der Waals surface area (Å²) < 4.78 is 55.2. The number of aromatic amines is 1. The number of ether oxygens (including phenoxy) is 3. The molecule has 1 amide bonds. The van der Waals surface area contributed by atoms with Gasteiger partial charge >= 0.3 is 6.18 Å². The zero-order valence-corrected chi connectivity index (χ0v) is 17.1. The van der Waals surface area contributed by atoms with Crippen LogP contribution in [0.5, 0.6) is 17.4 Å². The number of halogens is 3. The summed E-state index contributed by atoms with van der Waals surface area (Å²) >= 11 is 0. The Labute approximate surface area is 180 Å². The van der Waals surface area contributed by atoms with Crippen LogP contribution in [-0.4, -0.2) is 59.4 Å². The lowest BCUT2D eigenvalue weighted by atomic mass is 10.1. The largest absolute Gasteiger partial charge is 0.497 e. The van der Waals surface area contributed by atoms with Crippen LogP contribution in [0.25, 0.3) is 11.3 Å². The number of carbonyl (C=O) groups is 1. The molecule has 0 radical (unpaired) electrons. The van der Waals surface area contributed by atoms with Crippen molar-refractivity contribution in [2.24, 2.45) is 0 Å². The number of hydrogen-bond acceptors (Lipinski definition) is 6. The molecule has 1 aliphatic rings. The molecule has 1 N–H and O–H groups in total. The van der Waals surface area contributed by atoms with Crippen LogP contribution in [0.15, 0.2) is 42.6 Å². The van der Waals surface area contributed by atoms with E-state index in [1.165, 1.54) is 31.4 Å². The lowest BCUT2D eigenvalue weighted by molar-refractivity contribution is -0.140. The van der Waals surface area contributed by atoms with Gasteiger partial charge < -0.3 is 19.1 Å². The van der Waals surface area contributed by atoms with Crippen molar-refractivity contribution >= 4 is 5.91 Å². The van der Waals surface area contributed by atoms with Crippen LogP contribution >= 0.6 is 0 Å². The summed E-state index contributed by atoms with van der Waals surface area (Å²) in [7, 11) is 3.06. The van der Waals surface area contributed by atoms with Gasteiger partial charge in [0.15, 0.2) is 0 Å². The van der Waals surface area contributed by atoms with E-state index in [9.17, 15) is 18.0 Å². The lowest BCUT2D eigenvalue weighted by Gasteiger charge is -2.38. The number of amides is 1. The minimum absolute atomic E-state index is 0.129. The second-order valence-corrected chi connectivity index (χ2v) is 7.04. The molecule has 32 heavy (non-hydrogen) atoms. The van der Waals surface area contributed by atoms with Crippen LogP contribution in [0, 0.1) is 0 Å². The van der Waals surface area contributed by atoms with Crippen molar-refractivity contribution in [3.05, 3.63) is 53.9 Å². The summed E-state index contributed by atoms with van der Waals surface area (Å²) in [5, 5.41) is 6.88. The van der Waals surface area contributed by atoms with E-state index >= 15 is 0 Å². The molecule has 2 aromatic heterocycles. The molecule has 11 heteroatoms. The number of pyridine rings is 1. The molecule has 8 nitrogen and oxygen atoms in total. The van der Waals surface area contributed by atoms with Gasteiger partial charge in [0.25, 0.3) is 5.91 Å². The molecule has 1 aliphatic heterocycles. The van der Waals surface area contributed by atoms with Gasteiger partial charge in [-0.1, -0.05) is 0 Å². The monoisotopic (exact) mass is 448 g/mol. The fourth-order valence-corrected chi connectivity index (χ4v) is 3.29. The number of nitrogens with zero attached hydrogens (tertiary/aromatic N) is 3. The summed E-state index contributed by atoms with van der Waals surface area (Å²) in [5.74, 6) is 0.324. The first-order valence-corrected chi connectivity index (χ1v) is 9.56. The highest BCUT2D eigenvalue weighted by atomic mass is 19.4. The predicted octanol–water partition coefficient (Wildman–Crippen LogP) is 3.41. The first kappa shape index (κ1) is 21.5. The van der Waals surface area contributed by atoms with E-state index in [2.05, 4.69) is 15.2 Å². The van der Waals surface area contributed by atoms with Crippen LogP contribution in [-0.2, 0) is 6.18 Å². The Morgan fingerprint density at radius 3 is 2.62 bits per heavy atom. The fraction of sp³-hybridized carbons (Fsp3) is 0.286. The smallest absolute Gasteiger partial charge is 0.421 e. The molecule has 1 fully saturated rings. The van der Waals surface area contributed by atoms with E-state index in [-0.39, 0.29) is 24.7 Å². The Balaban J connectivity index is 1.43.